The Hall–Kier alpha value is 0.160. The zero-order valence-electron chi connectivity index (χ0n) is 13.9. The quantitative estimate of drug-likeness (QED) is 0.391. The molecule has 1 unspecified atom stereocenters. The number of hydrogen-bond donors (Lipinski definition) is 0. The molecule has 0 aliphatic carbocycles. The van der Waals surface area contributed by atoms with Gasteiger partial charge in [-0.05, 0) is 30.8 Å². The summed E-state index contributed by atoms with van der Waals surface area (Å²) in [5, 5.41) is 0. The molecule has 0 aromatic heterocycles. The van der Waals surface area contributed by atoms with Crippen LogP contribution in [-0.4, -0.2) is 36.9 Å². The van der Waals surface area contributed by atoms with Gasteiger partial charge in [0.2, 0.25) is 11.2 Å². The molecule has 5 heteroatoms. The average molecular weight is 335 g/mol. The summed E-state index contributed by atoms with van der Waals surface area (Å²) in [6.45, 7) is 4.44. The van der Waals surface area contributed by atoms with Gasteiger partial charge in [-0.3, -0.25) is 0 Å². The fraction of sp³-hybridized carbons (Fsp3) is 0.875. The fourth-order valence-corrected chi connectivity index (χ4v) is 4.75. The standard InChI is InChI=1S/C16H30O3S2/c1-5-7-11-20-14-9-10-16(19-13-14,15(17-3)18-4)21-12-8-6-2/h13,15H,5-12H2,1-4H3. The van der Waals surface area contributed by atoms with Gasteiger partial charge in [0.05, 0.1) is 6.26 Å². The number of hydrogen-bond acceptors (Lipinski definition) is 5. The second-order valence-electron chi connectivity index (χ2n) is 5.22. The highest BCUT2D eigenvalue weighted by atomic mass is 32.2. The van der Waals surface area contributed by atoms with Crippen LogP contribution in [0.3, 0.4) is 0 Å². The molecule has 0 aromatic carbocycles. The first-order chi connectivity index (χ1) is 10.2. The molecule has 1 aliphatic heterocycles. The van der Waals surface area contributed by atoms with Gasteiger partial charge in [0.1, 0.15) is 0 Å². The Bertz CT molecular complexity index is 306. The zero-order chi connectivity index (χ0) is 15.6. The van der Waals surface area contributed by atoms with Crippen molar-refractivity contribution in [3.8, 4) is 0 Å². The van der Waals surface area contributed by atoms with Crippen molar-refractivity contribution in [2.75, 3.05) is 25.7 Å². The monoisotopic (exact) mass is 334 g/mol. The summed E-state index contributed by atoms with van der Waals surface area (Å²) in [6.07, 6.45) is 8.51. The number of allylic oxidation sites excluding steroid dienone is 1. The van der Waals surface area contributed by atoms with E-state index in [4.69, 9.17) is 14.2 Å². The van der Waals surface area contributed by atoms with Crippen molar-refractivity contribution < 1.29 is 14.2 Å². The maximum absolute atomic E-state index is 6.13. The highest BCUT2D eigenvalue weighted by Gasteiger charge is 2.43. The molecule has 21 heavy (non-hydrogen) atoms. The third kappa shape index (κ3) is 6.05. The SMILES string of the molecule is CCCCSC1=COC(SCCCC)(C(OC)OC)CC1. The third-order valence-corrected chi connectivity index (χ3v) is 6.16. The smallest absolute Gasteiger partial charge is 0.207 e. The van der Waals surface area contributed by atoms with Crippen molar-refractivity contribution in [2.24, 2.45) is 0 Å². The van der Waals surface area contributed by atoms with E-state index in [1.54, 1.807) is 14.2 Å². The normalized spacial score (nSPS) is 22.2. The van der Waals surface area contributed by atoms with Gasteiger partial charge in [0, 0.05) is 25.5 Å². The summed E-state index contributed by atoms with van der Waals surface area (Å²) in [5.41, 5.74) is 0. The molecule has 1 rings (SSSR count). The summed E-state index contributed by atoms with van der Waals surface area (Å²) in [5.74, 6) is 2.26. The summed E-state index contributed by atoms with van der Waals surface area (Å²) < 4.78 is 17.1. The molecular formula is C16H30O3S2. The Morgan fingerprint density at radius 2 is 1.86 bits per heavy atom. The van der Waals surface area contributed by atoms with Gasteiger partial charge in [-0.2, -0.15) is 0 Å². The van der Waals surface area contributed by atoms with E-state index in [2.05, 4.69) is 13.8 Å². The van der Waals surface area contributed by atoms with E-state index in [9.17, 15) is 0 Å². The lowest BCUT2D eigenvalue weighted by Crippen LogP contribution is -2.45. The maximum Gasteiger partial charge on any atom is 0.207 e. The Balaban J connectivity index is 2.63. The van der Waals surface area contributed by atoms with Crippen molar-refractivity contribution >= 4 is 23.5 Å². The first-order valence-electron chi connectivity index (χ1n) is 7.91. The van der Waals surface area contributed by atoms with Gasteiger partial charge in [-0.15, -0.1) is 23.5 Å². The van der Waals surface area contributed by atoms with E-state index >= 15 is 0 Å². The number of ether oxygens (including phenoxy) is 3. The van der Waals surface area contributed by atoms with Crippen LogP contribution in [0.15, 0.2) is 11.2 Å². The minimum Gasteiger partial charge on any atom is -0.478 e. The number of methoxy groups -OCH3 is 2. The summed E-state index contributed by atoms with van der Waals surface area (Å²) in [6, 6.07) is 0. The van der Waals surface area contributed by atoms with Crippen LogP contribution < -0.4 is 0 Å². The Labute approximate surface area is 138 Å². The van der Waals surface area contributed by atoms with Gasteiger partial charge < -0.3 is 14.2 Å². The van der Waals surface area contributed by atoms with Gasteiger partial charge in [0.25, 0.3) is 0 Å². The molecule has 124 valence electrons. The third-order valence-electron chi connectivity index (χ3n) is 3.53. The second kappa shape index (κ2) is 10.8. The second-order valence-corrected chi connectivity index (χ2v) is 7.83. The van der Waals surface area contributed by atoms with E-state index in [0.29, 0.717) is 0 Å². The fourth-order valence-electron chi connectivity index (χ4n) is 2.23. The van der Waals surface area contributed by atoms with E-state index in [1.165, 1.54) is 36.3 Å². The molecule has 0 saturated carbocycles. The first-order valence-corrected chi connectivity index (χ1v) is 9.88. The lowest BCUT2D eigenvalue weighted by Gasteiger charge is -2.40. The van der Waals surface area contributed by atoms with Gasteiger partial charge in [-0.25, -0.2) is 0 Å². The molecule has 0 N–H and O–H groups in total. The van der Waals surface area contributed by atoms with Crippen LogP contribution >= 0.6 is 23.5 Å². The lowest BCUT2D eigenvalue weighted by molar-refractivity contribution is -0.184. The molecule has 1 atom stereocenters. The lowest BCUT2D eigenvalue weighted by atomic mass is 10.1. The highest BCUT2D eigenvalue weighted by Crippen LogP contribution is 2.43. The van der Waals surface area contributed by atoms with Crippen molar-refractivity contribution in [3.63, 3.8) is 0 Å². The van der Waals surface area contributed by atoms with Crippen LogP contribution in [0, 0.1) is 0 Å². The van der Waals surface area contributed by atoms with Crippen molar-refractivity contribution in [1.82, 2.24) is 0 Å². The minimum absolute atomic E-state index is 0.321. The Kier molecular flexibility index (Phi) is 9.89. The van der Waals surface area contributed by atoms with Gasteiger partial charge in [-0.1, -0.05) is 26.7 Å². The number of unbranched alkanes of at least 4 members (excludes halogenated alkanes) is 2. The molecule has 0 fully saturated rings. The molecule has 3 nitrogen and oxygen atoms in total. The molecular weight excluding hydrogens is 304 g/mol. The zero-order valence-corrected chi connectivity index (χ0v) is 15.5. The summed E-state index contributed by atoms with van der Waals surface area (Å²) in [4.78, 5) is 0.953. The predicted octanol–water partition coefficient (Wildman–Crippen LogP) is 5.02. The molecule has 1 heterocycles. The van der Waals surface area contributed by atoms with Crippen LogP contribution in [0.25, 0.3) is 0 Å². The largest absolute Gasteiger partial charge is 0.478 e. The maximum atomic E-state index is 6.13. The van der Waals surface area contributed by atoms with Crippen molar-refractivity contribution in [1.29, 1.82) is 0 Å². The molecule has 0 radical (unpaired) electrons. The van der Waals surface area contributed by atoms with Crippen molar-refractivity contribution in [2.45, 2.75) is 63.6 Å². The number of rotatable bonds is 11. The van der Waals surface area contributed by atoms with Crippen molar-refractivity contribution in [3.05, 3.63) is 11.2 Å². The van der Waals surface area contributed by atoms with E-state index in [0.717, 1.165) is 18.6 Å². The minimum atomic E-state index is -0.395. The highest BCUT2D eigenvalue weighted by molar-refractivity contribution is 8.03. The Morgan fingerprint density at radius 3 is 2.38 bits per heavy atom. The molecule has 0 spiro atoms. The molecule has 0 bridgehead atoms. The molecule has 1 aliphatic rings. The number of thioether (sulfide) groups is 2. The predicted molar refractivity (Wildman–Crippen MR) is 93.7 cm³/mol. The summed E-state index contributed by atoms with van der Waals surface area (Å²) in [7, 11) is 3.38. The molecule has 0 saturated heterocycles. The van der Waals surface area contributed by atoms with E-state index in [-0.39, 0.29) is 6.29 Å². The van der Waals surface area contributed by atoms with Crippen LogP contribution in [0.1, 0.15) is 52.4 Å². The average Bonchev–Trinajstić information content (AvgIpc) is 2.51. The van der Waals surface area contributed by atoms with Gasteiger partial charge in [0.15, 0.2) is 0 Å². The van der Waals surface area contributed by atoms with Crippen LogP contribution in [-0.2, 0) is 14.2 Å². The van der Waals surface area contributed by atoms with Gasteiger partial charge >= 0.3 is 0 Å². The van der Waals surface area contributed by atoms with Crippen LogP contribution in [0.4, 0.5) is 0 Å². The first kappa shape index (κ1) is 19.2. The van der Waals surface area contributed by atoms with E-state index in [1.807, 2.05) is 29.8 Å². The topological polar surface area (TPSA) is 27.7 Å². The Morgan fingerprint density at radius 1 is 1.19 bits per heavy atom. The molecule has 0 amide bonds. The summed E-state index contributed by atoms with van der Waals surface area (Å²) >= 11 is 3.75. The molecule has 0 aromatic rings. The van der Waals surface area contributed by atoms with Crippen LogP contribution in [0.2, 0.25) is 0 Å². The van der Waals surface area contributed by atoms with Crippen LogP contribution in [0.5, 0.6) is 0 Å². The van der Waals surface area contributed by atoms with E-state index < -0.39 is 4.93 Å².